The van der Waals surface area contributed by atoms with Crippen molar-refractivity contribution in [1.29, 1.82) is 0 Å². The van der Waals surface area contributed by atoms with Crippen molar-refractivity contribution in [2.24, 2.45) is 5.73 Å². The summed E-state index contributed by atoms with van der Waals surface area (Å²) in [5.74, 6) is 0.595. The third-order valence-corrected chi connectivity index (χ3v) is 4.29. The molecule has 1 aromatic carbocycles. The van der Waals surface area contributed by atoms with Crippen LogP contribution in [0.25, 0.3) is 11.3 Å². The topological polar surface area (TPSA) is 55.0 Å². The van der Waals surface area contributed by atoms with Gasteiger partial charge in [-0.05, 0) is 38.0 Å². The molecule has 1 aliphatic rings. The van der Waals surface area contributed by atoms with Crippen LogP contribution in [0, 0.1) is 0 Å². The van der Waals surface area contributed by atoms with E-state index in [1.807, 2.05) is 0 Å². The summed E-state index contributed by atoms with van der Waals surface area (Å²) in [5.41, 5.74) is 6.93. The van der Waals surface area contributed by atoms with Crippen molar-refractivity contribution in [3.8, 4) is 11.3 Å². The van der Waals surface area contributed by atoms with E-state index in [2.05, 4.69) is 21.8 Å². The van der Waals surface area contributed by atoms with Crippen molar-refractivity contribution in [2.75, 3.05) is 11.4 Å². The second-order valence-electron chi connectivity index (χ2n) is 6.01. The highest BCUT2D eigenvalue weighted by molar-refractivity contribution is 5.61. The smallest absolute Gasteiger partial charge is 0.338 e. The monoisotopic (exact) mass is 336 g/mol. The molecule has 1 fully saturated rings. The van der Waals surface area contributed by atoms with Gasteiger partial charge in [0.05, 0.1) is 17.0 Å². The van der Waals surface area contributed by atoms with Crippen LogP contribution in [0.5, 0.6) is 0 Å². The van der Waals surface area contributed by atoms with E-state index in [1.165, 1.54) is 12.1 Å². The summed E-state index contributed by atoms with van der Waals surface area (Å²) in [6, 6.07) is 7.08. The van der Waals surface area contributed by atoms with Gasteiger partial charge in [-0.15, -0.1) is 0 Å². The SMILES string of the molecule is CC1CCCN1c1nc(CN)cc(-c2ccc(C(F)(F)F)cc2)n1. The maximum Gasteiger partial charge on any atom is 0.416 e. The second kappa shape index (κ2) is 6.39. The number of benzene rings is 1. The minimum absolute atomic E-state index is 0.255. The average molecular weight is 336 g/mol. The highest BCUT2D eigenvalue weighted by Crippen LogP contribution is 2.31. The van der Waals surface area contributed by atoms with Crippen LogP contribution in [0.1, 0.15) is 31.0 Å². The van der Waals surface area contributed by atoms with Gasteiger partial charge in [-0.25, -0.2) is 9.97 Å². The van der Waals surface area contributed by atoms with Gasteiger partial charge in [0.15, 0.2) is 0 Å². The molecule has 0 saturated carbocycles. The van der Waals surface area contributed by atoms with E-state index in [9.17, 15) is 13.2 Å². The quantitative estimate of drug-likeness (QED) is 0.930. The summed E-state index contributed by atoms with van der Waals surface area (Å²) >= 11 is 0. The third-order valence-electron chi connectivity index (χ3n) is 4.29. The number of alkyl halides is 3. The van der Waals surface area contributed by atoms with Crippen LogP contribution in [0.15, 0.2) is 30.3 Å². The molecule has 24 heavy (non-hydrogen) atoms. The van der Waals surface area contributed by atoms with Crippen LogP contribution >= 0.6 is 0 Å². The average Bonchev–Trinajstić information content (AvgIpc) is 3.00. The molecule has 1 atom stereocenters. The molecular formula is C17H19F3N4. The fourth-order valence-electron chi connectivity index (χ4n) is 2.92. The van der Waals surface area contributed by atoms with Gasteiger partial charge in [0.1, 0.15) is 0 Å². The van der Waals surface area contributed by atoms with Gasteiger partial charge in [0.25, 0.3) is 0 Å². The Hall–Kier alpha value is -2.15. The van der Waals surface area contributed by atoms with Gasteiger partial charge in [-0.1, -0.05) is 12.1 Å². The van der Waals surface area contributed by atoms with E-state index in [0.29, 0.717) is 28.9 Å². The highest BCUT2D eigenvalue weighted by Gasteiger charge is 2.30. The van der Waals surface area contributed by atoms with Crippen molar-refractivity contribution >= 4 is 5.95 Å². The van der Waals surface area contributed by atoms with Gasteiger partial charge in [-0.2, -0.15) is 13.2 Å². The number of hydrogen-bond donors (Lipinski definition) is 1. The Labute approximate surface area is 138 Å². The summed E-state index contributed by atoms with van der Waals surface area (Å²) in [4.78, 5) is 11.1. The Bertz CT molecular complexity index is 713. The normalized spacial score (nSPS) is 18.2. The number of hydrogen-bond acceptors (Lipinski definition) is 4. The van der Waals surface area contributed by atoms with Gasteiger partial charge in [0, 0.05) is 24.7 Å². The van der Waals surface area contributed by atoms with Crippen LogP contribution in [0.4, 0.5) is 19.1 Å². The first kappa shape index (κ1) is 16.7. The number of nitrogens with two attached hydrogens (primary N) is 1. The number of aromatic nitrogens is 2. The number of anilines is 1. The lowest BCUT2D eigenvalue weighted by molar-refractivity contribution is -0.137. The molecule has 0 radical (unpaired) electrons. The minimum Gasteiger partial charge on any atom is -0.338 e. The van der Waals surface area contributed by atoms with Crippen molar-refractivity contribution < 1.29 is 13.2 Å². The zero-order valence-corrected chi connectivity index (χ0v) is 13.3. The van der Waals surface area contributed by atoms with Crippen LogP contribution in [0.2, 0.25) is 0 Å². The van der Waals surface area contributed by atoms with E-state index in [0.717, 1.165) is 31.5 Å². The molecule has 2 N–H and O–H groups in total. The standard InChI is InChI=1S/C17H19F3N4/c1-11-3-2-8-24(11)16-22-14(10-21)9-15(23-16)12-4-6-13(7-5-12)17(18,19)20/h4-7,9,11H,2-3,8,10,21H2,1H3. The van der Waals surface area contributed by atoms with Crippen LogP contribution in [0.3, 0.4) is 0 Å². The van der Waals surface area contributed by atoms with Crippen LogP contribution < -0.4 is 10.6 Å². The molecule has 0 aliphatic carbocycles. The third kappa shape index (κ3) is 3.36. The largest absolute Gasteiger partial charge is 0.416 e. The minimum atomic E-state index is -4.34. The Kier molecular flexibility index (Phi) is 4.45. The fraction of sp³-hybridized carbons (Fsp3) is 0.412. The van der Waals surface area contributed by atoms with Crippen LogP contribution in [-0.2, 0) is 12.7 Å². The first-order chi connectivity index (χ1) is 11.4. The molecule has 4 nitrogen and oxygen atoms in total. The van der Waals surface area contributed by atoms with E-state index < -0.39 is 11.7 Å². The molecule has 1 aliphatic heterocycles. The summed E-state index contributed by atoms with van der Waals surface area (Å²) in [6.07, 6.45) is -2.19. The van der Waals surface area contributed by atoms with Gasteiger partial charge in [0.2, 0.25) is 5.95 Å². The fourth-order valence-corrected chi connectivity index (χ4v) is 2.92. The lowest BCUT2D eigenvalue weighted by Gasteiger charge is -2.22. The Morgan fingerprint density at radius 2 is 1.92 bits per heavy atom. The van der Waals surface area contributed by atoms with E-state index in [-0.39, 0.29) is 6.54 Å². The number of halogens is 3. The Morgan fingerprint density at radius 3 is 2.46 bits per heavy atom. The lowest BCUT2D eigenvalue weighted by atomic mass is 10.1. The molecule has 0 amide bonds. The molecule has 1 aromatic heterocycles. The molecule has 2 heterocycles. The molecule has 7 heteroatoms. The predicted molar refractivity (Wildman–Crippen MR) is 86.4 cm³/mol. The lowest BCUT2D eigenvalue weighted by Crippen LogP contribution is -2.28. The van der Waals surface area contributed by atoms with Crippen molar-refractivity contribution in [2.45, 2.75) is 38.5 Å². The summed E-state index contributed by atoms with van der Waals surface area (Å²) in [6.45, 7) is 3.25. The summed E-state index contributed by atoms with van der Waals surface area (Å²) in [7, 11) is 0. The van der Waals surface area contributed by atoms with Gasteiger partial charge in [-0.3, -0.25) is 0 Å². The van der Waals surface area contributed by atoms with E-state index in [1.54, 1.807) is 6.07 Å². The second-order valence-corrected chi connectivity index (χ2v) is 6.01. The first-order valence-corrected chi connectivity index (χ1v) is 7.91. The highest BCUT2D eigenvalue weighted by atomic mass is 19.4. The molecule has 0 spiro atoms. The van der Waals surface area contributed by atoms with E-state index in [4.69, 9.17) is 5.73 Å². The Morgan fingerprint density at radius 1 is 1.21 bits per heavy atom. The number of nitrogens with zero attached hydrogens (tertiary/aromatic N) is 3. The van der Waals surface area contributed by atoms with Crippen molar-refractivity contribution in [3.63, 3.8) is 0 Å². The molecule has 1 unspecified atom stereocenters. The van der Waals surface area contributed by atoms with Crippen LogP contribution in [-0.4, -0.2) is 22.6 Å². The molecule has 0 bridgehead atoms. The van der Waals surface area contributed by atoms with Crippen molar-refractivity contribution in [1.82, 2.24) is 9.97 Å². The summed E-state index contributed by atoms with van der Waals surface area (Å²) < 4.78 is 38.1. The zero-order valence-electron chi connectivity index (χ0n) is 13.3. The molecular weight excluding hydrogens is 317 g/mol. The van der Waals surface area contributed by atoms with Gasteiger partial charge >= 0.3 is 6.18 Å². The molecule has 128 valence electrons. The molecule has 2 aromatic rings. The maximum atomic E-state index is 12.7. The maximum absolute atomic E-state index is 12.7. The van der Waals surface area contributed by atoms with Crippen molar-refractivity contribution in [3.05, 3.63) is 41.6 Å². The van der Waals surface area contributed by atoms with Gasteiger partial charge < -0.3 is 10.6 Å². The first-order valence-electron chi connectivity index (χ1n) is 7.91. The zero-order chi connectivity index (χ0) is 17.3. The summed E-state index contributed by atoms with van der Waals surface area (Å²) in [5, 5.41) is 0. The molecule has 1 saturated heterocycles. The Balaban J connectivity index is 1.98. The number of rotatable bonds is 3. The molecule has 3 rings (SSSR count). The van der Waals surface area contributed by atoms with E-state index >= 15 is 0 Å². The predicted octanol–water partition coefficient (Wildman–Crippen LogP) is 3.61.